The van der Waals surface area contributed by atoms with Crippen molar-refractivity contribution < 1.29 is 18.7 Å². The fourth-order valence-corrected chi connectivity index (χ4v) is 3.42. The van der Waals surface area contributed by atoms with E-state index in [1.165, 1.54) is 0 Å². The van der Waals surface area contributed by atoms with Crippen LogP contribution in [0.15, 0.2) is 24.3 Å². The van der Waals surface area contributed by atoms with Crippen LogP contribution in [0.5, 0.6) is 5.75 Å². The van der Waals surface area contributed by atoms with E-state index in [0.717, 1.165) is 12.0 Å². The molecule has 1 fully saturated rings. The smallest absolute Gasteiger partial charge is 0.192 e. The molecule has 0 amide bonds. The van der Waals surface area contributed by atoms with E-state index in [2.05, 4.69) is 33.9 Å². The summed E-state index contributed by atoms with van der Waals surface area (Å²) in [7, 11) is -1.85. The summed E-state index contributed by atoms with van der Waals surface area (Å²) in [5.41, 5.74) is 0.643. The summed E-state index contributed by atoms with van der Waals surface area (Å²) in [6, 6.07) is 7.13. The highest BCUT2D eigenvalue weighted by Gasteiger charge is 2.43. The average Bonchev–Trinajstić information content (AvgIpc) is 2.85. The molecule has 22 heavy (non-hydrogen) atoms. The van der Waals surface area contributed by atoms with Gasteiger partial charge in [-0.3, -0.25) is 4.79 Å². The molecular formula is C17H26O4Si. The number of carbonyl (C=O) groups excluding carboxylic acids is 1. The zero-order valence-corrected chi connectivity index (χ0v) is 15.1. The minimum atomic E-state index is -1.85. The maximum atomic E-state index is 10.7. The molecule has 0 radical (unpaired) electrons. The Bertz CT molecular complexity index is 504. The van der Waals surface area contributed by atoms with E-state index in [-0.39, 0.29) is 17.2 Å². The summed E-state index contributed by atoms with van der Waals surface area (Å²) < 4.78 is 18.0. The van der Waals surface area contributed by atoms with Gasteiger partial charge >= 0.3 is 0 Å². The number of ether oxygens (including phenoxy) is 2. The Kier molecular flexibility index (Phi) is 5.09. The van der Waals surface area contributed by atoms with Gasteiger partial charge in [0.25, 0.3) is 0 Å². The maximum absolute atomic E-state index is 10.7. The normalized spacial score (nSPS) is 22.6. The van der Waals surface area contributed by atoms with Crippen LogP contribution in [0.3, 0.4) is 0 Å². The quantitative estimate of drug-likeness (QED) is 0.613. The Balaban J connectivity index is 2.02. The van der Waals surface area contributed by atoms with Crippen LogP contribution in [0.4, 0.5) is 0 Å². The lowest BCUT2D eigenvalue weighted by Crippen LogP contribution is -2.47. The summed E-state index contributed by atoms with van der Waals surface area (Å²) in [6.45, 7) is 12.3. The molecule has 0 unspecified atom stereocenters. The summed E-state index contributed by atoms with van der Waals surface area (Å²) in [5.74, 6) is 0.741. The summed E-state index contributed by atoms with van der Waals surface area (Å²) in [5, 5.41) is 0.158. The monoisotopic (exact) mass is 322 g/mol. The van der Waals surface area contributed by atoms with Gasteiger partial charge in [0.05, 0.1) is 13.2 Å². The molecule has 2 rings (SSSR count). The van der Waals surface area contributed by atoms with Crippen LogP contribution in [0.1, 0.15) is 31.1 Å². The number of hydrogen-bond donors (Lipinski definition) is 0. The van der Waals surface area contributed by atoms with E-state index in [0.29, 0.717) is 18.8 Å². The Labute approximate surface area is 133 Å². The second kappa shape index (κ2) is 6.52. The van der Waals surface area contributed by atoms with Gasteiger partial charge in [-0.1, -0.05) is 20.8 Å². The lowest BCUT2D eigenvalue weighted by Gasteiger charge is -2.39. The van der Waals surface area contributed by atoms with E-state index < -0.39 is 8.32 Å². The first kappa shape index (κ1) is 17.2. The van der Waals surface area contributed by atoms with Crippen LogP contribution in [0, 0.1) is 0 Å². The molecule has 122 valence electrons. The molecule has 1 aromatic carbocycles. The van der Waals surface area contributed by atoms with E-state index >= 15 is 0 Å². The van der Waals surface area contributed by atoms with Gasteiger partial charge in [0.1, 0.15) is 24.2 Å². The Morgan fingerprint density at radius 3 is 2.27 bits per heavy atom. The van der Waals surface area contributed by atoms with Crippen molar-refractivity contribution in [2.24, 2.45) is 0 Å². The molecule has 5 heteroatoms. The van der Waals surface area contributed by atoms with Crippen molar-refractivity contribution >= 4 is 14.6 Å². The third-order valence-electron chi connectivity index (χ3n) is 4.53. The molecule has 0 spiro atoms. The van der Waals surface area contributed by atoms with Crippen molar-refractivity contribution in [2.75, 3.05) is 13.2 Å². The summed E-state index contributed by atoms with van der Waals surface area (Å²) >= 11 is 0. The van der Waals surface area contributed by atoms with Gasteiger partial charge in [0.2, 0.25) is 0 Å². The van der Waals surface area contributed by atoms with Crippen LogP contribution in [-0.2, 0) is 9.16 Å². The predicted molar refractivity (Wildman–Crippen MR) is 89.1 cm³/mol. The molecule has 0 aliphatic carbocycles. The van der Waals surface area contributed by atoms with Crippen LogP contribution in [0.25, 0.3) is 0 Å². The molecule has 1 saturated heterocycles. The first-order valence-corrected chi connectivity index (χ1v) is 10.6. The Morgan fingerprint density at radius 2 is 1.73 bits per heavy atom. The van der Waals surface area contributed by atoms with Gasteiger partial charge in [-0.2, -0.15) is 0 Å². The van der Waals surface area contributed by atoms with E-state index in [1.807, 2.05) is 12.1 Å². The van der Waals surface area contributed by atoms with Gasteiger partial charge in [-0.15, -0.1) is 0 Å². The summed E-state index contributed by atoms with van der Waals surface area (Å²) in [6.07, 6.45) is 0.689. The molecule has 0 bridgehead atoms. The van der Waals surface area contributed by atoms with Crippen LogP contribution in [-0.4, -0.2) is 40.0 Å². The van der Waals surface area contributed by atoms with Crippen molar-refractivity contribution in [3.05, 3.63) is 29.8 Å². The van der Waals surface area contributed by atoms with Crippen LogP contribution in [0.2, 0.25) is 18.1 Å². The van der Waals surface area contributed by atoms with Crippen LogP contribution < -0.4 is 4.74 Å². The van der Waals surface area contributed by atoms with Crippen molar-refractivity contribution in [3.63, 3.8) is 0 Å². The number of benzene rings is 1. The van der Waals surface area contributed by atoms with Crippen molar-refractivity contribution in [1.29, 1.82) is 0 Å². The van der Waals surface area contributed by atoms with Crippen molar-refractivity contribution in [1.82, 2.24) is 0 Å². The largest absolute Gasteiger partial charge is 0.485 e. The molecule has 1 aromatic rings. The minimum Gasteiger partial charge on any atom is -0.485 e. The fourth-order valence-electron chi connectivity index (χ4n) is 2.09. The van der Waals surface area contributed by atoms with Crippen molar-refractivity contribution in [2.45, 2.75) is 51.1 Å². The zero-order chi connectivity index (χ0) is 16.4. The number of rotatable bonds is 5. The van der Waals surface area contributed by atoms with Gasteiger partial charge in [-0.05, 0) is 42.4 Å². The molecule has 0 aromatic heterocycles. The first-order chi connectivity index (χ1) is 10.2. The lowest BCUT2D eigenvalue weighted by molar-refractivity contribution is 0.0807. The molecule has 2 atom stereocenters. The molecule has 0 N–H and O–H groups in total. The van der Waals surface area contributed by atoms with E-state index in [1.54, 1.807) is 12.1 Å². The molecule has 1 aliphatic heterocycles. The predicted octanol–water partition coefficient (Wildman–Crippen LogP) is 3.67. The standard InChI is InChI=1S/C17H26O4Si/c1-17(2,3)22(4,5)21-16-12-19-11-15(16)20-14-8-6-13(10-18)7-9-14/h6-10,15-16H,11-12H2,1-5H3/t15-,16-/m1/s1. The second-order valence-corrected chi connectivity index (χ2v) is 12.1. The highest BCUT2D eigenvalue weighted by molar-refractivity contribution is 6.74. The molecule has 4 nitrogen and oxygen atoms in total. The number of aldehydes is 1. The topological polar surface area (TPSA) is 44.8 Å². The molecule has 1 heterocycles. The summed E-state index contributed by atoms with van der Waals surface area (Å²) in [4.78, 5) is 10.7. The fraction of sp³-hybridized carbons (Fsp3) is 0.588. The second-order valence-electron chi connectivity index (χ2n) is 7.30. The maximum Gasteiger partial charge on any atom is 0.192 e. The third kappa shape index (κ3) is 3.97. The highest BCUT2D eigenvalue weighted by atomic mass is 28.4. The van der Waals surface area contributed by atoms with Gasteiger partial charge < -0.3 is 13.9 Å². The van der Waals surface area contributed by atoms with Gasteiger partial charge in [-0.25, -0.2) is 0 Å². The van der Waals surface area contributed by atoms with E-state index in [9.17, 15) is 4.79 Å². The highest BCUT2D eigenvalue weighted by Crippen LogP contribution is 2.38. The Hall–Kier alpha value is -1.17. The van der Waals surface area contributed by atoms with Gasteiger partial charge in [0.15, 0.2) is 8.32 Å². The third-order valence-corrected chi connectivity index (χ3v) is 9.04. The zero-order valence-electron chi connectivity index (χ0n) is 14.1. The number of hydrogen-bond acceptors (Lipinski definition) is 4. The van der Waals surface area contributed by atoms with Crippen LogP contribution >= 0.6 is 0 Å². The average molecular weight is 322 g/mol. The molecule has 1 aliphatic rings. The minimum absolute atomic E-state index is 0.0355. The first-order valence-electron chi connectivity index (χ1n) is 7.70. The SMILES string of the molecule is CC(C)(C)[Si](C)(C)O[C@@H]1COC[C@H]1Oc1ccc(C=O)cc1. The lowest BCUT2D eigenvalue weighted by atomic mass is 10.2. The van der Waals surface area contributed by atoms with Gasteiger partial charge in [0, 0.05) is 5.56 Å². The Morgan fingerprint density at radius 1 is 1.14 bits per heavy atom. The van der Waals surface area contributed by atoms with E-state index in [4.69, 9.17) is 13.9 Å². The van der Waals surface area contributed by atoms with Crippen molar-refractivity contribution in [3.8, 4) is 5.75 Å². The molecule has 0 saturated carbocycles. The number of carbonyl (C=O) groups is 1. The molecular weight excluding hydrogens is 296 g/mol.